The molecule has 0 radical (unpaired) electrons. The molecule has 2 heterocycles. The SMILES string of the molecule is COC(=O)C(C(=O)OC)c1ccccc1[N+](=O)[O-].O=C(Nc1cc2ccc1OC2)c1ccccc1. The lowest BCUT2D eigenvalue weighted by atomic mass is 9.97. The van der Waals surface area contributed by atoms with Crippen molar-refractivity contribution in [3.63, 3.8) is 0 Å². The van der Waals surface area contributed by atoms with Crippen LogP contribution in [0, 0.1) is 10.1 Å². The van der Waals surface area contributed by atoms with Gasteiger partial charge in [0.15, 0.2) is 5.92 Å². The smallest absolute Gasteiger partial charge is 0.324 e. The molecular weight excluding hydrogens is 456 g/mol. The van der Waals surface area contributed by atoms with Crippen molar-refractivity contribution < 1.29 is 33.5 Å². The van der Waals surface area contributed by atoms with Gasteiger partial charge in [0, 0.05) is 11.6 Å². The van der Waals surface area contributed by atoms with Crippen LogP contribution in [0.15, 0.2) is 72.8 Å². The fourth-order valence-corrected chi connectivity index (χ4v) is 3.32. The van der Waals surface area contributed by atoms with Crippen LogP contribution in [0.2, 0.25) is 0 Å². The topological polar surface area (TPSA) is 134 Å². The molecule has 2 bridgehead atoms. The van der Waals surface area contributed by atoms with Crippen LogP contribution in [0.1, 0.15) is 27.4 Å². The molecule has 10 nitrogen and oxygen atoms in total. The van der Waals surface area contributed by atoms with Gasteiger partial charge in [-0.2, -0.15) is 0 Å². The van der Waals surface area contributed by atoms with Gasteiger partial charge in [0.25, 0.3) is 11.6 Å². The molecule has 0 saturated heterocycles. The van der Waals surface area contributed by atoms with Crippen LogP contribution in [-0.2, 0) is 25.7 Å². The second-order valence-corrected chi connectivity index (χ2v) is 7.23. The molecule has 0 atom stereocenters. The number of benzene rings is 3. The number of nitro benzene ring substituents is 1. The van der Waals surface area contributed by atoms with Crippen LogP contribution in [0.3, 0.4) is 0 Å². The molecule has 0 fully saturated rings. The number of amides is 1. The molecule has 0 aliphatic carbocycles. The summed E-state index contributed by atoms with van der Waals surface area (Å²) in [5.74, 6) is -2.66. The van der Waals surface area contributed by atoms with Crippen molar-refractivity contribution in [1.29, 1.82) is 0 Å². The van der Waals surface area contributed by atoms with Crippen molar-refractivity contribution in [2.75, 3.05) is 19.5 Å². The van der Waals surface area contributed by atoms with Crippen molar-refractivity contribution in [2.24, 2.45) is 0 Å². The van der Waals surface area contributed by atoms with E-state index in [1.165, 1.54) is 24.3 Å². The first kappa shape index (κ1) is 24.9. The molecule has 0 spiro atoms. The van der Waals surface area contributed by atoms with Crippen molar-refractivity contribution in [2.45, 2.75) is 12.5 Å². The van der Waals surface area contributed by atoms with Crippen LogP contribution in [0.5, 0.6) is 5.75 Å². The zero-order valence-corrected chi connectivity index (χ0v) is 18.9. The zero-order chi connectivity index (χ0) is 25.4. The van der Waals surface area contributed by atoms with E-state index in [0.717, 1.165) is 31.2 Å². The van der Waals surface area contributed by atoms with Gasteiger partial charge in [-0.05, 0) is 29.8 Å². The molecule has 1 amide bonds. The van der Waals surface area contributed by atoms with Gasteiger partial charge < -0.3 is 19.5 Å². The predicted molar refractivity (Wildman–Crippen MR) is 125 cm³/mol. The summed E-state index contributed by atoms with van der Waals surface area (Å²) in [4.78, 5) is 45.2. The quantitative estimate of drug-likeness (QED) is 0.244. The number of hydrogen-bond acceptors (Lipinski definition) is 8. The number of ether oxygens (including phenoxy) is 3. The standard InChI is InChI=1S/C14H11NO2.C11H11NO6/c16-14(11-4-2-1-3-5-11)15-12-8-10-6-7-13(12)17-9-10;1-17-10(13)9(11(14)18-2)7-5-3-4-6-8(7)12(15)16/h1-8H,9H2,(H,15,16);3-6,9H,1-2H3. The van der Waals surface area contributed by atoms with Gasteiger partial charge in [-0.1, -0.05) is 42.5 Å². The Morgan fingerprint density at radius 3 is 2.09 bits per heavy atom. The van der Waals surface area contributed by atoms with E-state index in [9.17, 15) is 24.5 Å². The van der Waals surface area contributed by atoms with Crippen molar-refractivity contribution in [1.82, 2.24) is 0 Å². The van der Waals surface area contributed by atoms with Crippen LogP contribution in [-0.4, -0.2) is 37.0 Å². The third kappa shape index (κ3) is 5.99. The van der Waals surface area contributed by atoms with Crippen LogP contribution < -0.4 is 10.1 Å². The molecule has 0 unspecified atom stereocenters. The van der Waals surface area contributed by atoms with E-state index in [0.29, 0.717) is 12.2 Å². The van der Waals surface area contributed by atoms with E-state index in [2.05, 4.69) is 14.8 Å². The Kier molecular flexibility index (Phi) is 8.12. The fourth-order valence-electron chi connectivity index (χ4n) is 3.32. The number of esters is 2. The maximum atomic E-state index is 11.9. The van der Waals surface area contributed by atoms with Crippen LogP contribution in [0.25, 0.3) is 0 Å². The largest absolute Gasteiger partial charge is 0.487 e. The highest BCUT2D eigenvalue weighted by Crippen LogP contribution is 2.32. The molecule has 0 aromatic heterocycles. The van der Waals surface area contributed by atoms with Gasteiger partial charge in [0.1, 0.15) is 12.4 Å². The van der Waals surface area contributed by atoms with Gasteiger partial charge in [-0.15, -0.1) is 0 Å². The molecule has 3 aromatic carbocycles. The van der Waals surface area contributed by atoms with E-state index >= 15 is 0 Å². The number of hydrogen-bond donors (Lipinski definition) is 1. The minimum Gasteiger partial charge on any atom is -0.487 e. The van der Waals surface area contributed by atoms with Gasteiger partial charge >= 0.3 is 11.9 Å². The molecule has 2 aliphatic rings. The average molecular weight is 478 g/mol. The first-order chi connectivity index (χ1) is 16.8. The lowest BCUT2D eigenvalue weighted by molar-refractivity contribution is -0.385. The molecule has 0 saturated carbocycles. The third-order valence-corrected chi connectivity index (χ3v) is 5.04. The Balaban J connectivity index is 0.000000196. The zero-order valence-electron chi connectivity index (χ0n) is 18.9. The molecule has 1 N–H and O–H groups in total. The number of nitrogens with zero attached hydrogens (tertiary/aromatic N) is 1. The van der Waals surface area contributed by atoms with E-state index in [4.69, 9.17) is 4.74 Å². The van der Waals surface area contributed by atoms with Gasteiger partial charge in [-0.3, -0.25) is 24.5 Å². The molecule has 180 valence electrons. The number of methoxy groups -OCH3 is 2. The van der Waals surface area contributed by atoms with Crippen LogP contribution in [0.4, 0.5) is 11.4 Å². The molecule has 35 heavy (non-hydrogen) atoms. The molecule has 2 aliphatic heterocycles. The van der Waals surface area contributed by atoms with E-state index in [-0.39, 0.29) is 17.2 Å². The minimum absolute atomic E-state index is 0.0544. The first-order valence-corrected chi connectivity index (χ1v) is 10.4. The van der Waals surface area contributed by atoms with Crippen LogP contribution >= 0.6 is 0 Å². The Hall–Kier alpha value is -4.73. The highest BCUT2D eigenvalue weighted by molar-refractivity contribution is 6.05. The second-order valence-electron chi connectivity index (χ2n) is 7.23. The molecular formula is C25H22N2O8. The van der Waals surface area contributed by atoms with Crippen molar-refractivity contribution in [3.8, 4) is 5.75 Å². The summed E-state index contributed by atoms with van der Waals surface area (Å²) >= 11 is 0. The number of rotatable bonds is 6. The fraction of sp³-hybridized carbons (Fsp3) is 0.160. The maximum absolute atomic E-state index is 11.9. The molecule has 3 aromatic rings. The van der Waals surface area contributed by atoms with E-state index in [1.807, 2.05) is 36.4 Å². The normalized spacial score (nSPS) is 10.9. The number of para-hydroxylation sites is 1. The Labute approximate surface area is 200 Å². The lowest BCUT2D eigenvalue weighted by Crippen LogP contribution is -2.25. The summed E-state index contributed by atoms with van der Waals surface area (Å²) in [5.41, 5.74) is 2.06. The number of anilines is 1. The highest BCUT2D eigenvalue weighted by Gasteiger charge is 2.35. The van der Waals surface area contributed by atoms with E-state index in [1.54, 1.807) is 12.1 Å². The molecule has 5 rings (SSSR count). The summed E-state index contributed by atoms with van der Waals surface area (Å²) in [6.45, 7) is 0.594. The monoisotopic (exact) mass is 478 g/mol. The van der Waals surface area contributed by atoms with Gasteiger partial charge in [-0.25, -0.2) is 0 Å². The number of nitro groups is 1. The predicted octanol–water partition coefficient (Wildman–Crippen LogP) is 3.86. The van der Waals surface area contributed by atoms with Gasteiger partial charge in [0.2, 0.25) is 0 Å². The Morgan fingerprint density at radius 1 is 0.943 bits per heavy atom. The van der Waals surface area contributed by atoms with E-state index < -0.39 is 22.8 Å². The maximum Gasteiger partial charge on any atom is 0.324 e. The van der Waals surface area contributed by atoms with Crippen molar-refractivity contribution in [3.05, 3.63) is 99.6 Å². The lowest BCUT2D eigenvalue weighted by Gasteiger charge is -2.19. The Morgan fingerprint density at radius 2 is 1.57 bits per heavy atom. The third-order valence-electron chi connectivity index (χ3n) is 5.04. The Bertz CT molecular complexity index is 1230. The summed E-state index contributed by atoms with van der Waals surface area (Å²) in [6.07, 6.45) is 0. The van der Waals surface area contributed by atoms with Gasteiger partial charge in [0.05, 0.1) is 30.4 Å². The minimum atomic E-state index is -1.46. The number of fused-ring (bicyclic) bond motifs is 3. The number of carbonyl (C=O) groups is 3. The summed E-state index contributed by atoms with van der Waals surface area (Å²) in [7, 11) is 2.18. The summed E-state index contributed by atoms with van der Waals surface area (Å²) in [6, 6.07) is 20.4. The number of nitrogens with one attached hydrogen (secondary N) is 1. The highest BCUT2D eigenvalue weighted by atomic mass is 16.6. The van der Waals surface area contributed by atoms with Crippen molar-refractivity contribution >= 4 is 29.2 Å². The first-order valence-electron chi connectivity index (χ1n) is 10.4. The number of carbonyl (C=O) groups excluding carboxylic acids is 3. The summed E-state index contributed by atoms with van der Waals surface area (Å²) in [5, 5.41) is 13.7. The molecule has 10 heteroatoms. The second kappa shape index (κ2) is 11.4. The average Bonchev–Trinajstić information content (AvgIpc) is 2.90. The summed E-state index contributed by atoms with van der Waals surface area (Å²) < 4.78 is 14.4.